The van der Waals surface area contributed by atoms with Crippen molar-refractivity contribution in [2.24, 2.45) is 0 Å². The average Bonchev–Trinajstić information content (AvgIpc) is 3.81. The second-order valence-corrected chi connectivity index (χ2v) is 10.2. The lowest BCUT2D eigenvalue weighted by Gasteiger charge is -2.07. The van der Waals surface area contributed by atoms with Crippen LogP contribution in [0.4, 0.5) is 0 Å². The van der Waals surface area contributed by atoms with Crippen molar-refractivity contribution < 1.29 is 29.1 Å². The van der Waals surface area contributed by atoms with Gasteiger partial charge in [-0.15, -0.1) is 11.3 Å². The van der Waals surface area contributed by atoms with E-state index in [-0.39, 0.29) is 81.1 Å². The van der Waals surface area contributed by atoms with Crippen LogP contribution in [0, 0.1) is 0 Å². The Morgan fingerprint density at radius 2 is 1.45 bits per heavy atom. The van der Waals surface area contributed by atoms with Gasteiger partial charge < -0.3 is 4.42 Å². The van der Waals surface area contributed by atoms with Crippen molar-refractivity contribution in [2.45, 2.75) is 0 Å². The summed E-state index contributed by atoms with van der Waals surface area (Å²) >= 11 is 0.795. The molecule has 0 aliphatic carbocycles. The molecule has 0 amide bonds. The van der Waals surface area contributed by atoms with Crippen molar-refractivity contribution in [3.63, 3.8) is 0 Å². The molecule has 0 aliphatic rings. The number of hydrogen-bond acceptors (Lipinski definition) is 4. The molecule has 3 heterocycles. The molecule has 3 aromatic heterocycles. The minimum atomic E-state index is -0.688. The molecule has 3 nitrogen and oxygen atoms in total. The van der Waals surface area contributed by atoms with Gasteiger partial charge in [0, 0.05) is 31.1 Å². The Morgan fingerprint density at radius 3 is 2.43 bits per heavy atom. The molecular weight excluding hydrogens is 532 g/mol. The van der Waals surface area contributed by atoms with Gasteiger partial charge in [0.2, 0.25) is 0 Å². The van der Waals surface area contributed by atoms with Gasteiger partial charge in [0.15, 0.2) is 5.58 Å². The summed E-state index contributed by atoms with van der Waals surface area (Å²) in [6, 6.07) is -5.48. The third kappa shape index (κ3) is 3.59. The lowest BCUT2D eigenvalue weighted by atomic mass is 9.99. The molecule has 0 radical (unpaired) electrons. The molecule has 0 spiro atoms. The van der Waals surface area contributed by atoms with Gasteiger partial charge in [-0.2, -0.15) is 0 Å². The molecule has 6 aromatic carbocycles. The summed E-state index contributed by atoms with van der Waals surface area (Å²) in [5.41, 5.74) is -0.774. The highest BCUT2D eigenvalue weighted by Crippen LogP contribution is 2.41. The van der Waals surface area contributed by atoms with E-state index in [4.69, 9.17) is 27.7 Å². The number of benzene rings is 6. The summed E-state index contributed by atoms with van der Waals surface area (Å²) in [6.45, 7) is 0. The van der Waals surface area contributed by atoms with Crippen molar-refractivity contribution in [1.82, 2.24) is 9.97 Å². The molecule has 9 rings (SSSR count). The van der Waals surface area contributed by atoms with E-state index in [0.29, 0.717) is 5.39 Å². The van der Waals surface area contributed by atoms with Crippen LogP contribution in [0.2, 0.25) is 0 Å². The van der Waals surface area contributed by atoms with Gasteiger partial charge in [0.05, 0.1) is 24.7 Å². The fraction of sp³-hybridized carbons (Fsp3) is 0. The maximum Gasteiger partial charge on any atom is 0.180 e. The molecule has 0 saturated carbocycles. The molecular formula is C38H22N2OS. The smallest absolute Gasteiger partial charge is 0.180 e. The predicted octanol–water partition coefficient (Wildman–Crippen LogP) is 10.9. The number of fused-ring (bicyclic) bond motifs is 7. The summed E-state index contributed by atoms with van der Waals surface area (Å²) < 4.78 is 162. The Labute approximate surface area is 270 Å². The average molecular weight is 573 g/mol. The van der Waals surface area contributed by atoms with Gasteiger partial charge in [-0.3, -0.25) is 0 Å². The highest BCUT2D eigenvalue weighted by Gasteiger charge is 2.17. The van der Waals surface area contributed by atoms with E-state index < -0.39 is 109 Å². The van der Waals surface area contributed by atoms with E-state index in [1.807, 2.05) is 0 Å². The normalized spacial score (nSPS) is 17.8. The van der Waals surface area contributed by atoms with Crippen LogP contribution in [0.5, 0.6) is 0 Å². The fourth-order valence-electron chi connectivity index (χ4n) is 4.93. The van der Waals surface area contributed by atoms with Gasteiger partial charge in [-0.1, -0.05) is 96.7 Å². The van der Waals surface area contributed by atoms with E-state index in [2.05, 4.69) is 9.97 Å². The number of furan rings is 1. The van der Waals surface area contributed by atoms with E-state index in [1.54, 1.807) is 0 Å². The molecule has 0 N–H and O–H groups in total. The number of hydrogen-bond donors (Lipinski definition) is 0. The zero-order valence-corrected chi connectivity index (χ0v) is 21.8. The largest absolute Gasteiger partial charge is 0.452 e. The van der Waals surface area contributed by atoms with Gasteiger partial charge in [-0.25, -0.2) is 9.97 Å². The fourth-order valence-corrected chi connectivity index (χ4v) is 6.00. The van der Waals surface area contributed by atoms with Gasteiger partial charge >= 0.3 is 0 Å². The Kier molecular flexibility index (Phi) is 2.57. The first-order valence-electron chi connectivity index (χ1n) is 21.5. The van der Waals surface area contributed by atoms with E-state index >= 15 is 0 Å². The van der Waals surface area contributed by atoms with E-state index in [1.165, 1.54) is 18.2 Å². The second kappa shape index (κ2) is 9.10. The molecule has 42 heavy (non-hydrogen) atoms. The highest BCUT2D eigenvalue weighted by atomic mass is 32.1. The summed E-state index contributed by atoms with van der Waals surface area (Å²) in [7, 11) is 0. The van der Waals surface area contributed by atoms with Gasteiger partial charge in [0.1, 0.15) is 23.1 Å². The Balaban J connectivity index is 1.31. The summed E-state index contributed by atoms with van der Waals surface area (Å²) in [5.74, 6) is 0. The van der Waals surface area contributed by atoms with Crippen LogP contribution in [-0.2, 0) is 0 Å². The molecule has 196 valence electrons. The predicted molar refractivity (Wildman–Crippen MR) is 176 cm³/mol. The quantitative estimate of drug-likeness (QED) is 0.211. The molecule has 0 unspecified atom stereocenters. The van der Waals surface area contributed by atoms with Crippen molar-refractivity contribution in [3.05, 3.63) is 133 Å². The third-order valence-corrected chi connectivity index (χ3v) is 7.96. The first kappa shape index (κ1) is 11.9. The maximum atomic E-state index is 9.47. The van der Waals surface area contributed by atoms with Crippen LogP contribution < -0.4 is 0 Å². The highest BCUT2D eigenvalue weighted by molar-refractivity contribution is 7.26. The molecule has 0 atom stereocenters. The van der Waals surface area contributed by atoms with Crippen LogP contribution >= 0.6 is 11.3 Å². The number of nitrogens with zero attached hydrogens (tertiary/aromatic N) is 2. The number of thiophene rings is 1. The maximum absolute atomic E-state index is 9.47. The van der Waals surface area contributed by atoms with Crippen molar-refractivity contribution in [1.29, 1.82) is 0 Å². The molecule has 0 fully saturated rings. The lowest BCUT2D eigenvalue weighted by Crippen LogP contribution is -1.88. The summed E-state index contributed by atoms with van der Waals surface area (Å²) in [5, 5.41) is -0.358. The zero-order valence-electron chi connectivity index (χ0n) is 39.0. The monoisotopic (exact) mass is 572 g/mol. The Morgan fingerprint density at radius 1 is 0.619 bits per heavy atom. The molecule has 0 saturated heterocycles. The standard InChI is InChI=1S/C38H22N2OS/c1-2-8-24-19-25(16-15-23(24)7-1)26-17-18-33-32(21-26)36-37(41-33)35(39-22-40-36)28-10-5-9-27(20-28)29-12-6-13-31-30-11-3-4-14-34(30)42-38(29)31/h1-22H/i1D,2D,3D,4D,5D,6D,7D,8D,9D,10D,11D,12D,13D,14D,15D,16D,19D,20D. The minimum Gasteiger partial charge on any atom is -0.452 e. The minimum absolute atomic E-state index is 0.0137. The van der Waals surface area contributed by atoms with Gasteiger partial charge in [-0.05, 0) is 63.3 Å². The summed E-state index contributed by atoms with van der Waals surface area (Å²) in [4.78, 5) is 8.71. The van der Waals surface area contributed by atoms with Crippen LogP contribution in [0.15, 0.2) is 138 Å². The molecule has 0 aliphatic heterocycles. The van der Waals surface area contributed by atoms with Gasteiger partial charge in [0.25, 0.3) is 0 Å². The third-order valence-electron chi connectivity index (χ3n) is 6.84. The van der Waals surface area contributed by atoms with Crippen LogP contribution in [0.1, 0.15) is 24.7 Å². The molecule has 9 aromatic rings. The van der Waals surface area contributed by atoms with Crippen LogP contribution in [0.25, 0.3) is 86.5 Å². The SMILES string of the molecule is [2H]c1c([2H])c(-c2ncnc3c2oc2ccc(-c4c([2H])c([2H])c5c([2H])c([2H])c([2H])c([2H])c5c4[2H])cc23)c([2H])c(-c2c([2H])c([2H])c([2H])c3c2sc2c([2H])c([2H])c([2H])c([2H])c23)c1[2H]. The summed E-state index contributed by atoms with van der Waals surface area (Å²) in [6.07, 6.45) is 1.11. The first-order valence-corrected chi connectivity index (χ1v) is 13.3. The Bertz CT molecular complexity index is 3490. The zero-order chi connectivity index (χ0) is 43.3. The van der Waals surface area contributed by atoms with Crippen molar-refractivity contribution >= 4 is 64.4 Å². The topological polar surface area (TPSA) is 38.9 Å². The molecule has 0 bridgehead atoms. The van der Waals surface area contributed by atoms with Crippen LogP contribution in [-0.4, -0.2) is 9.97 Å². The van der Waals surface area contributed by atoms with E-state index in [0.717, 1.165) is 17.7 Å². The van der Waals surface area contributed by atoms with Crippen molar-refractivity contribution in [3.8, 4) is 33.5 Å². The Hall–Kier alpha value is -5.32. The molecule has 4 heteroatoms. The second-order valence-electron chi connectivity index (χ2n) is 9.22. The van der Waals surface area contributed by atoms with Crippen molar-refractivity contribution in [2.75, 3.05) is 0 Å². The number of aromatic nitrogens is 2. The van der Waals surface area contributed by atoms with Crippen LogP contribution in [0.3, 0.4) is 0 Å². The lowest BCUT2D eigenvalue weighted by molar-refractivity contribution is 0.667. The number of rotatable bonds is 3. The van der Waals surface area contributed by atoms with E-state index in [9.17, 15) is 1.37 Å². The first-order chi connectivity index (χ1) is 28.3.